The molecular formula is C16H24N6. The molecule has 22 heavy (non-hydrogen) atoms. The highest BCUT2D eigenvalue weighted by Crippen LogP contribution is 2.21. The predicted molar refractivity (Wildman–Crippen MR) is 93.7 cm³/mol. The number of nitrogens with zero attached hydrogens (tertiary/aromatic N) is 5. The standard InChI is InChI=1S/C16H24N6/c1-11(2)22-15(17)14(16(19-22)21(5)6)18-12-7-9-13(10-8-12)20(3)4/h7-11,17H,1-6H3. The Balaban J connectivity index is 2.36. The monoisotopic (exact) mass is 300 g/mol. The zero-order valence-corrected chi connectivity index (χ0v) is 14.1. The van der Waals surface area contributed by atoms with E-state index < -0.39 is 0 Å². The van der Waals surface area contributed by atoms with Gasteiger partial charge in [-0.15, -0.1) is 0 Å². The van der Waals surface area contributed by atoms with Gasteiger partial charge in [-0.25, -0.2) is 10.0 Å². The summed E-state index contributed by atoms with van der Waals surface area (Å²) >= 11 is 0. The molecule has 1 aliphatic rings. The first-order valence-electron chi connectivity index (χ1n) is 7.31. The minimum absolute atomic E-state index is 0.131. The smallest absolute Gasteiger partial charge is 0.178 e. The minimum Gasteiger partial charge on any atom is -0.378 e. The number of hydrazone groups is 1. The van der Waals surface area contributed by atoms with Gasteiger partial charge in [-0.2, -0.15) is 5.10 Å². The third kappa shape index (κ3) is 3.10. The first kappa shape index (κ1) is 16.0. The van der Waals surface area contributed by atoms with Crippen LogP contribution in [0.3, 0.4) is 0 Å². The van der Waals surface area contributed by atoms with Crippen LogP contribution in [0, 0.1) is 5.41 Å². The molecule has 0 fully saturated rings. The Bertz CT molecular complexity index is 610. The molecule has 1 N–H and O–H groups in total. The Morgan fingerprint density at radius 1 is 1.05 bits per heavy atom. The minimum atomic E-state index is 0.131. The summed E-state index contributed by atoms with van der Waals surface area (Å²) in [5, 5.41) is 14.5. The summed E-state index contributed by atoms with van der Waals surface area (Å²) in [7, 11) is 7.84. The molecule has 1 aliphatic heterocycles. The van der Waals surface area contributed by atoms with Gasteiger partial charge < -0.3 is 9.80 Å². The van der Waals surface area contributed by atoms with Crippen LogP contribution in [0.2, 0.25) is 0 Å². The molecule has 0 radical (unpaired) electrons. The molecule has 1 heterocycles. The van der Waals surface area contributed by atoms with Crippen LogP contribution < -0.4 is 4.90 Å². The summed E-state index contributed by atoms with van der Waals surface area (Å²) in [6, 6.07) is 8.09. The molecule has 6 nitrogen and oxygen atoms in total. The van der Waals surface area contributed by atoms with Gasteiger partial charge in [-0.05, 0) is 38.1 Å². The van der Waals surface area contributed by atoms with Crippen LogP contribution in [-0.2, 0) is 0 Å². The fraction of sp³-hybridized carbons (Fsp3) is 0.438. The maximum absolute atomic E-state index is 8.32. The largest absolute Gasteiger partial charge is 0.378 e. The molecule has 6 heteroatoms. The summed E-state index contributed by atoms with van der Waals surface area (Å²) in [6.45, 7) is 4.03. The van der Waals surface area contributed by atoms with E-state index in [0.29, 0.717) is 11.5 Å². The Morgan fingerprint density at radius 3 is 2.09 bits per heavy atom. The highest BCUT2D eigenvalue weighted by molar-refractivity contribution is 6.69. The maximum atomic E-state index is 8.32. The van der Waals surface area contributed by atoms with Crippen molar-refractivity contribution >= 4 is 28.8 Å². The molecule has 1 aromatic carbocycles. The summed E-state index contributed by atoms with van der Waals surface area (Å²) in [5.74, 6) is 1.06. The van der Waals surface area contributed by atoms with Crippen LogP contribution in [0.5, 0.6) is 0 Å². The zero-order chi connectivity index (χ0) is 16.4. The SMILES string of the molecule is CC(C)N1N=C(N(C)C)C(=Nc2ccc(N(C)C)cc2)C1=N. The van der Waals surface area contributed by atoms with Gasteiger partial charge in [0.25, 0.3) is 0 Å². The molecule has 0 amide bonds. The molecule has 0 bridgehead atoms. The molecular weight excluding hydrogens is 276 g/mol. The molecule has 0 spiro atoms. The quantitative estimate of drug-likeness (QED) is 0.932. The lowest BCUT2D eigenvalue weighted by Gasteiger charge is -2.17. The topological polar surface area (TPSA) is 58.3 Å². The van der Waals surface area contributed by atoms with E-state index in [2.05, 4.69) is 10.1 Å². The number of hydrogen-bond donors (Lipinski definition) is 1. The number of anilines is 1. The number of nitrogens with one attached hydrogen (secondary N) is 1. The van der Waals surface area contributed by atoms with Crippen LogP contribution in [0.1, 0.15) is 13.8 Å². The van der Waals surface area contributed by atoms with Gasteiger partial charge in [-0.1, -0.05) is 0 Å². The van der Waals surface area contributed by atoms with E-state index in [1.54, 1.807) is 5.01 Å². The van der Waals surface area contributed by atoms with Crippen molar-refractivity contribution in [3.05, 3.63) is 24.3 Å². The first-order valence-corrected chi connectivity index (χ1v) is 7.31. The third-order valence-electron chi connectivity index (χ3n) is 3.39. The maximum Gasteiger partial charge on any atom is 0.178 e. The van der Waals surface area contributed by atoms with Crippen molar-refractivity contribution in [1.29, 1.82) is 5.41 Å². The van der Waals surface area contributed by atoms with E-state index in [4.69, 9.17) is 5.41 Å². The van der Waals surface area contributed by atoms with E-state index in [1.165, 1.54) is 0 Å². The van der Waals surface area contributed by atoms with Gasteiger partial charge in [0, 0.05) is 39.9 Å². The highest BCUT2D eigenvalue weighted by atomic mass is 15.5. The Labute approximate surface area is 132 Å². The van der Waals surface area contributed by atoms with Crippen molar-refractivity contribution in [3.8, 4) is 0 Å². The van der Waals surface area contributed by atoms with Crippen LogP contribution in [-0.4, -0.2) is 61.5 Å². The fourth-order valence-corrected chi connectivity index (χ4v) is 2.15. The average molecular weight is 300 g/mol. The summed E-state index contributed by atoms with van der Waals surface area (Å²) < 4.78 is 0. The lowest BCUT2D eigenvalue weighted by atomic mass is 10.2. The van der Waals surface area contributed by atoms with Crippen molar-refractivity contribution in [2.24, 2.45) is 10.1 Å². The lowest BCUT2D eigenvalue weighted by molar-refractivity contribution is 0.372. The second kappa shape index (κ2) is 6.17. The van der Waals surface area contributed by atoms with E-state index in [0.717, 1.165) is 17.2 Å². The molecule has 0 aliphatic carbocycles. The van der Waals surface area contributed by atoms with Gasteiger partial charge in [0.15, 0.2) is 17.4 Å². The van der Waals surface area contributed by atoms with Crippen molar-refractivity contribution in [1.82, 2.24) is 9.91 Å². The van der Waals surface area contributed by atoms with Crippen LogP contribution in [0.15, 0.2) is 34.4 Å². The van der Waals surface area contributed by atoms with Gasteiger partial charge in [0.05, 0.1) is 5.69 Å². The molecule has 2 rings (SSSR count). The number of hydrogen-bond acceptors (Lipinski definition) is 5. The van der Waals surface area contributed by atoms with Gasteiger partial charge in [-0.3, -0.25) is 5.41 Å². The molecule has 1 aromatic rings. The third-order valence-corrected chi connectivity index (χ3v) is 3.39. The van der Waals surface area contributed by atoms with Crippen molar-refractivity contribution in [3.63, 3.8) is 0 Å². The second-order valence-electron chi connectivity index (χ2n) is 5.98. The lowest BCUT2D eigenvalue weighted by Crippen LogP contribution is -2.34. The molecule has 118 valence electrons. The van der Waals surface area contributed by atoms with E-state index in [1.807, 2.05) is 76.1 Å². The van der Waals surface area contributed by atoms with Crippen LogP contribution in [0.25, 0.3) is 0 Å². The Hall–Kier alpha value is -2.37. The van der Waals surface area contributed by atoms with Gasteiger partial charge in [0.2, 0.25) is 0 Å². The Morgan fingerprint density at radius 2 is 1.64 bits per heavy atom. The second-order valence-corrected chi connectivity index (χ2v) is 5.98. The summed E-state index contributed by atoms with van der Waals surface area (Å²) in [4.78, 5) is 8.57. The van der Waals surface area contributed by atoms with Crippen LogP contribution in [0.4, 0.5) is 11.4 Å². The normalized spacial score (nSPS) is 16.5. The van der Waals surface area contributed by atoms with Gasteiger partial charge >= 0.3 is 0 Å². The molecule has 0 aromatic heterocycles. The number of rotatable bonds is 3. The molecule has 0 atom stereocenters. The summed E-state index contributed by atoms with van der Waals surface area (Å²) in [5.41, 5.74) is 2.55. The molecule has 0 unspecified atom stereocenters. The van der Waals surface area contributed by atoms with Crippen molar-refractivity contribution < 1.29 is 0 Å². The Kier molecular flexibility index (Phi) is 4.49. The summed E-state index contributed by atoms with van der Waals surface area (Å²) in [6.07, 6.45) is 0. The van der Waals surface area contributed by atoms with Gasteiger partial charge in [0.1, 0.15) is 0 Å². The number of benzene rings is 1. The number of aliphatic imine (C=N–C) groups is 1. The van der Waals surface area contributed by atoms with Crippen molar-refractivity contribution in [2.75, 3.05) is 33.1 Å². The van der Waals surface area contributed by atoms with Crippen LogP contribution >= 0.6 is 0 Å². The zero-order valence-electron chi connectivity index (χ0n) is 14.1. The number of amidine groups is 2. The van der Waals surface area contributed by atoms with E-state index >= 15 is 0 Å². The van der Waals surface area contributed by atoms with E-state index in [-0.39, 0.29) is 6.04 Å². The predicted octanol–water partition coefficient (Wildman–Crippen LogP) is 2.40. The molecule has 0 saturated heterocycles. The highest BCUT2D eigenvalue weighted by Gasteiger charge is 2.31. The first-order chi connectivity index (χ1) is 10.3. The van der Waals surface area contributed by atoms with Crippen molar-refractivity contribution in [2.45, 2.75) is 19.9 Å². The molecule has 0 saturated carbocycles. The fourth-order valence-electron chi connectivity index (χ4n) is 2.15. The van der Waals surface area contributed by atoms with E-state index in [9.17, 15) is 0 Å². The average Bonchev–Trinajstić information content (AvgIpc) is 2.77.